The number of anilines is 1. The zero-order valence-electron chi connectivity index (χ0n) is 11.3. The van der Waals surface area contributed by atoms with E-state index in [0.717, 1.165) is 5.56 Å². The number of amides is 1. The summed E-state index contributed by atoms with van der Waals surface area (Å²) < 4.78 is 0. The Bertz CT molecular complexity index is 743. The van der Waals surface area contributed by atoms with Crippen molar-refractivity contribution in [2.75, 3.05) is 5.32 Å². The van der Waals surface area contributed by atoms with Crippen LogP contribution < -0.4 is 5.32 Å². The molecule has 2 aromatic carbocycles. The molecular weight excluding hydrogens is 268 g/mol. The molecule has 5 nitrogen and oxygen atoms in total. The molecule has 2 rings (SSSR count). The van der Waals surface area contributed by atoms with E-state index >= 15 is 0 Å². The standard InChI is InChI=1S/C16H12N2O3/c1-10-2-5-12(6-3-10)18-15(19)14-8-11(9-17)4-7-13(14)16(20)21/h2-8H,1H3,(H,18,19)(H,20,21). The second-order valence-electron chi connectivity index (χ2n) is 4.50. The van der Waals surface area contributed by atoms with Crippen LogP contribution in [0.15, 0.2) is 42.5 Å². The smallest absolute Gasteiger partial charge is 0.336 e. The van der Waals surface area contributed by atoms with Crippen LogP contribution in [-0.2, 0) is 0 Å². The van der Waals surface area contributed by atoms with E-state index in [1.165, 1.54) is 18.2 Å². The Balaban J connectivity index is 2.35. The fraction of sp³-hybridized carbons (Fsp3) is 0.0625. The Morgan fingerprint density at radius 2 is 1.76 bits per heavy atom. The van der Waals surface area contributed by atoms with Crippen molar-refractivity contribution in [2.24, 2.45) is 0 Å². The van der Waals surface area contributed by atoms with E-state index in [9.17, 15) is 9.59 Å². The van der Waals surface area contributed by atoms with E-state index in [4.69, 9.17) is 10.4 Å². The van der Waals surface area contributed by atoms with Gasteiger partial charge in [0.2, 0.25) is 0 Å². The van der Waals surface area contributed by atoms with Crippen molar-refractivity contribution in [3.63, 3.8) is 0 Å². The fourth-order valence-corrected chi connectivity index (χ4v) is 1.82. The first kappa shape index (κ1) is 14.3. The SMILES string of the molecule is Cc1ccc(NC(=O)c2cc(C#N)ccc2C(=O)O)cc1. The molecule has 0 aliphatic rings. The molecule has 21 heavy (non-hydrogen) atoms. The molecule has 0 saturated carbocycles. The molecule has 104 valence electrons. The quantitative estimate of drug-likeness (QED) is 0.904. The second kappa shape index (κ2) is 5.88. The summed E-state index contributed by atoms with van der Waals surface area (Å²) >= 11 is 0. The lowest BCUT2D eigenvalue weighted by molar-refractivity contribution is 0.0692. The van der Waals surface area contributed by atoms with Gasteiger partial charge in [-0.2, -0.15) is 5.26 Å². The van der Waals surface area contributed by atoms with Gasteiger partial charge in [0.1, 0.15) is 0 Å². The largest absolute Gasteiger partial charge is 0.478 e. The minimum Gasteiger partial charge on any atom is -0.478 e. The molecule has 0 aliphatic heterocycles. The molecule has 1 amide bonds. The van der Waals surface area contributed by atoms with Crippen molar-refractivity contribution < 1.29 is 14.7 Å². The average Bonchev–Trinajstić information content (AvgIpc) is 2.48. The number of rotatable bonds is 3. The van der Waals surface area contributed by atoms with Crippen LogP contribution in [0.2, 0.25) is 0 Å². The van der Waals surface area contributed by atoms with Gasteiger partial charge >= 0.3 is 5.97 Å². The molecule has 0 aliphatic carbocycles. The van der Waals surface area contributed by atoms with Crippen LogP contribution in [0.4, 0.5) is 5.69 Å². The van der Waals surface area contributed by atoms with Gasteiger partial charge in [0, 0.05) is 5.69 Å². The predicted octanol–water partition coefficient (Wildman–Crippen LogP) is 2.82. The zero-order valence-corrected chi connectivity index (χ0v) is 11.3. The maximum Gasteiger partial charge on any atom is 0.336 e. The molecule has 0 heterocycles. The number of aromatic carboxylic acids is 1. The van der Waals surface area contributed by atoms with E-state index in [0.29, 0.717) is 5.69 Å². The number of nitriles is 1. The topological polar surface area (TPSA) is 90.2 Å². The number of carboxylic acid groups (broad SMARTS) is 1. The third-order valence-electron chi connectivity index (χ3n) is 2.93. The highest BCUT2D eigenvalue weighted by molar-refractivity contribution is 6.10. The zero-order chi connectivity index (χ0) is 15.4. The highest BCUT2D eigenvalue weighted by atomic mass is 16.4. The van der Waals surface area contributed by atoms with Crippen molar-refractivity contribution in [3.05, 3.63) is 64.7 Å². The number of nitrogens with one attached hydrogen (secondary N) is 1. The van der Waals surface area contributed by atoms with E-state index in [2.05, 4.69) is 5.32 Å². The summed E-state index contributed by atoms with van der Waals surface area (Å²) in [5, 5.41) is 20.6. The molecule has 5 heteroatoms. The minimum absolute atomic E-state index is 0.0397. The van der Waals surface area contributed by atoms with Crippen LogP contribution >= 0.6 is 0 Å². The van der Waals surface area contributed by atoms with E-state index in [1.807, 2.05) is 25.1 Å². The van der Waals surface area contributed by atoms with Gasteiger partial charge in [0.15, 0.2) is 0 Å². The molecule has 0 aromatic heterocycles. The Hall–Kier alpha value is -3.13. The van der Waals surface area contributed by atoms with Gasteiger partial charge in [-0.15, -0.1) is 0 Å². The molecule has 0 unspecified atom stereocenters. The number of carbonyl (C=O) groups excluding carboxylic acids is 1. The molecule has 0 spiro atoms. The number of carboxylic acids is 1. The number of hydrogen-bond acceptors (Lipinski definition) is 3. The molecule has 0 fully saturated rings. The van der Waals surface area contributed by atoms with Gasteiger partial charge in [0.05, 0.1) is 22.8 Å². The average molecular weight is 280 g/mol. The lowest BCUT2D eigenvalue weighted by Gasteiger charge is -2.08. The maximum absolute atomic E-state index is 12.2. The summed E-state index contributed by atoms with van der Waals surface area (Å²) in [6.07, 6.45) is 0. The molecular formula is C16H12N2O3. The van der Waals surface area contributed by atoms with Crippen LogP contribution in [0.3, 0.4) is 0 Å². The number of hydrogen-bond donors (Lipinski definition) is 2. The number of benzene rings is 2. The third-order valence-corrected chi connectivity index (χ3v) is 2.93. The molecule has 0 saturated heterocycles. The van der Waals surface area contributed by atoms with Crippen molar-refractivity contribution in [1.29, 1.82) is 5.26 Å². The molecule has 0 bridgehead atoms. The third kappa shape index (κ3) is 3.25. The van der Waals surface area contributed by atoms with Crippen molar-refractivity contribution >= 4 is 17.6 Å². The molecule has 2 N–H and O–H groups in total. The van der Waals surface area contributed by atoms with E-state index < -0.39 is 11.9 Å². The number of aryl methyl sites for hydroxylation is 1. The van der Waals surface area contributed by atoms with Crippen molar-refractivity contribution in [1.82, 2.24) is 0 Å². The molecule has 0 radical (unpaired) electrons. The number of carbonyl (C=O) groups is 2. The summed E-state index contributed by atoms with van der Waals surface area (Å²) in [6.45, 7) is 1.92. The Morgan fingerprint density at radius 3 is 2.33 bits per heavy atom. The van der Waals surface area contributed by atoms with Gasteiger partial charge in [-0.3, -0.25) is 4.79 Å². The first-order valence-electron chi connectivity index (χ1n) is 6.16. The van der Waals surface area contributed by atoms with Crippen LogP contribution in [-0.4, -0.2) is 17.0 Å². The second-order valence-corrected chi connectivity index (χ2v) is 4.50. The first-order valence-corrected chi connectivity index (χ1v) is 6.16. The van der Waals surface area contributed by atoms with E-state index in [-0.39, 0.29) is 16.7 Å². The first-order chi connectivity index (χ1) is 10.0. The summed E-state index contributed by atoms with van der Waals surface area (Å²) in [6, 6.07) is 12.9. The van der Waals surface area contributed by atoms with Crippen molar-refractivity contribution in [2.45, 2.75) is 6.92 Å². The van der Waals surface area contributed by atoms with Crippen LogP contribution in [0.1, 0.15) is 31.8 Å². The summed E-state index contributed by atoms with van der Waals surface area (Å²) in [4.78, 5) is 23.4. The Kier molecular flexibility index (Phi) is 4.00. The predicted molar refractivity (Wildman–Crippen MR) is 77.2 cm³/mol. The summed E-state index contributed by atoms with van der Waals surface area (Å²) in [5.41, 5.74) is 1.66. The van der Waals surface area contributed by atoms with Gasteiger partial charge in [-0.05, 0) is 37.3 Å². The molecule has 0 atom stereocenters. The van der Waals surface area contributed by atoms with Crippen LogP contribution in [0.5, 0.6) is 0 Å². The molecule has 2 aromatic rings. The summed E-state index contributed by atoms with van der Waals surface area (Å²) in [7, 11) is 0. The fourth-order valence-electron chi connectivity index (χ4n) is 1.82. The van der Waals surface area contributed by atoms with Crippen LogP contribution in [0, 0.1) is 18.3 Å². The maximum atomic E-state index is 12.2. The monoisotopic (exact) mass is 280 g/mol. The van der Waals surface area contributed by atoms with E-state index in [1.54, 1.807) is 12.1 Å². The number of nitrogens with zero attached hydrogens (tertiary/aromatic N) is 1. The highest BCUT2D eigenvalue weighted by Gasteiger charge is 2.17. The van der Waals surface area contributed by atoms with Crippen LogP contribution in [0.25, 0.3) is 0 Å². The lowest BCUT2D eigenvalue weighted by atomic mass is 10.0. The Morgan fingerprint density at radius 1 is 1.10 bits per heavy atom. The van der Waals surface area contributed by atoms with Gasteiger partial charge in [-0.1, -0.05) is 17.7 Å². The van der Waals surface area contributed by atoms with Gasteiger partial charge in [0.25, 0.3) is 5.91 Å². The minimum atomic E-state index is -1.21. The summed E-state index contributed by atoms with van der Waals surface area (Å²) in [5.74, 6) is -1.78. The Labute approximate surface area is 121 Å². The van der Waals surface area contributed by atoms with Gasteiger partial charge < -0.3 is 10.4 Å². The highest BCUT2D eigenvalue weighted by Crippen LogP contribution is 2.15. The lowest BCUT2D eigenvalue weighted by Crippen LogP contribution is -2.16. The normalized spacial score (nSPS) is 9.71. The van der Waals surface area contributed by atoms with Crippen molar-refractivity contribution in [3.8, 4) is 6.07 Å². The van der Waals surface area contributed by atoms with Gasteiger partial charge in [-0.25, -0.2) is 4.79 Å².